The van der Waals surface area contributed by atoms with Crippen molar-refractivity contribution in [1.82, 2.24) is 4.57 Å². The van der Waals surface area contributed by atoms with Crippen LogP contribution in [0.2, 0.25) is 0 Å². The standard InChI is InChI=1S/C14H23N2O2/c1-9-8-13(3)11(10(9)2)14(17,18-13)12-15(4)6-7-16(12)5/h6-7,9-11,17H,8H2,1-5H3/q+1/t9-,10+,11-,13+,14?/m1/s1. The Balaban J connectivity index is 2.05. The van der Waals surface area contributed by atoms with Crippen LogP contribution in [0.1, 0.15) is 33.0 Å². The van der Waals surface area contributed by atoms with E-state index in [1.165, 1.54) is 0 Å². The number of aliphatic hydroxyl groups is 1. The third-order valence-corrected chi connectivity index (χ3v) is 5.12. The van der Waals surface area contributed by atoms with E-state index in [1.54, 1.807) is 0 Å². The first-order chi connectivity index (χ1) is 8.29. The molecule has 0 spiro atoms. The molecule has 4 heteroatoms. The zero-order chi connectivity index (χ0) is 13.3. The molecule has 1 saturated heterocycles. The summed E-state index contributed by atoms with van der Waals surface area (Å²) in [4.78, 5) is 0. The van der Waals surface area contributed by atoms with Crippen molar-refractivity contribution in [2.45, 2.75) is 38.6 Å². The highest BCUT2D eigenvalue weighted by atomic mass is 16.7. The molecule has 0 amide bonds. The van der Waals surface area contributed by atoms with Crippen LogP contribution >= 0.6 is 0 Å². The van der Waals surface area contributed by atoms with Gasteiger partial charge in [-0.05, 0) is 25.2 Å². The maximum atomic E-state index is 11.0. The first-order valence-electron chi connectivity index (χ1n) is 6.73. The first-order valence-corrected chi connectivity index (χ1v) is 6.73. The Hall–Kier alpha value is -0.870. The Morgan fingerprint density at radius 2 is 2.17 bits per heavy atom. The van der Waals surface area contributed by atoms with Gasteiger partial charge in [-0.2, -0.15) is 0 Å². The largest absolute Gasteiger partial charge is 0.356 e. The number of imidazole rings is 1. The quantitative estimate of drug-likeness (QED) is 0.758. The highest BCUT2D eigenvalue weighted by Crippen LogP contribution is 2.63. The average molecular weight is 251 g/mol. The lowest BCUT2D eigenvalue weighted by atomic mass is 9.73. The SMILES string of the molecule is C[C@H]1[C@H](C)C[C@]2(C)OC(O)(c3n(C)cc[n+]3C)[C@H]12. The number of nitrogens with zero attached hydrogens (tertiary/aromatic N) is 2. The molecular weight excluding hydrogens is 228 g/mol. The minimum Gasteiger partial charge on any atom is -0.356 e. The molecule has 4 nitrogen and oxygen atoms in total. The molecule has 1 unspecified atom stereocenters. The molecule has 0 bridgehead atoms. The number of hydrogen-bond donors (Lipinski definition) is 1. The summed E-state index contributed by atoms with van der Waals surface area (Å²) >= 11 is 0. The molecule has 2 aliphatic rings. The number of ether oxygens (including phenoxy) is 1. The van der Waals surface area contributed by atoms with Crippen LogP contribution in [0.25, 0.3) is 0 Å². The van der Waals surface area contributed by atoms with Gasteiger partial charge in [0.1, 0.15) is 12.4 Å². The molecule has 1 aliphatic heterocycles. The van der Waals surface area contributed by atoms with Crippen molar-refractivity contribution >= 4 is 0 Å². The van der Waals surface area contributed by atoms with E-state index in [2.05, 4.69) is 20.8 Å². The molecule has 1 aromatic heterocycles. The van der Waals surface area contributed by atoms with E-state index in [9.17, 15) is 5.11 Å². The Morgan fingerprint density at radius 1 is 1.50 bits per heavy atom. The van der Waals surface area contributed by atoms with Crippen LogP contribution in [0.4, 0.5) is 0 Å². The maximum Gasteiger partial charge on any atom is 0.317 e. The summed E-state index contributed by atoms with van der Waals surface area (Å²) in [5.74, 6) is 0.959. The van der Waals surface area contributed by atoms with Gasteiger partial charge in [0.25, 0.3) is 5.79 Å². The van der Waals surface area contributed by atoms with Gasteiger partial charge in [-0.15, -0.1) is 0 Å². The van der Waals surface area contributed by atoms with E-state index in [0.717, 1.165) is 12.2 Å². The predicted molar refractivity (Wildman–Crippen MR) is 66.4 cm³/mol. The zero-order valence-electron chi connectivity index (χ0n) is 11.8. The molecule has 2 fully saturated rings. The van der Waals surface area contributed by atoms with Crippen molar-refractivity contribution < 1.29 is 14.4 Å². The second kappa shape index (κ2) is 3.36. The number of aryl methyl sites for hydroxylation is 2. The fourth-order valence-electron chi connectivity index (χ4n) is 4.35. The second-order valence-corrected chi connectivity index (χ2v) is 6.47. The van der Waals surface area contributed by atoms with Gasteiger partial charge in [0.2, 0.25) is 0 Å². The average Bonchev–Trinajstić information content (AvgIpc) is 2.64. The topological polar surface area (TPSA) is 38.3 Å². The summed E-state index contributed by atoms with van der Waals surface area (Å²) in [7, 11) is 3.91. The van der Waals surface area contributed by atoms with Crippen molar-refractivity contribution in [1.29, 1.82) is 0 Å². The maximum absolute atomic E-state index is 11.0. The summed E-state index contributed by atoms with van der Waals surface area (Å²) in [5, 5.41) is 11.0. The Bertz CT molecular complexity index is 478. The third kappa shape index (κ3) is 1.25. The molecule has 2 heterocycles. The number of aromatic nitrogens is 2. The summed E-state index contributed by atoms with van der Waals surface area (Å²) in [5.41, 5.74) is -0.162. The van der Waals surface area contributed by atoms with Gasteiger partial charge in [0.05, 0.1) is 25.6 Å². The molecule has 18 heavy (non-hydrogen) atoms. The van der Waals surface area contributed by atoms with E-state index in [4.69, 9.17) is 4.74 Å². The van der Waals surface area contributed by atoms with Crippen LogP contribution < -0.4 is 4.57 Å². The lowest BCUT2D eigenvalue weighted by Crippen LogP contribution is -2.67. The highest BCUT2D eigenvalue weighted by molar-refractivity contribution is 5.16. The lowest BCUT2D eigenvalue weighted by molar-refractivity contribution is -0.700. The third-order valence-electron chi connectivity index (χ3n) is 5.12. The Labute approximate surface area is 108 Å². The van der Waals surface area contributed by atoms with Crippen molar-refractivity contribution in [3.8, 4) is 0 Å². The molecule has 100 valence electrons. The normalized spacial score (nSPS) is 46.9. The fraction of sp³-hybridized carbons (Fsp3) is 0.786. The van der Waals surface area contributed by atoms with Gasteiger partial charge in [-0.3, -0.25) is 0 Å². The number of rotatable bonds is 1. The molecular formula is C14H23N2O2+. The van der Waals surface area contributed by atoms with Gasteiger partial charge < -0.3 is 9.84 Å². The monoisotopic (exact) mass is 251 g/mol. The van der Waals surface area contributed by atoms with Crippen LogP contribution in [0, 0.1) is 17.8 Å². The Kier molecular flexibility index (Phi) is 2.28. The van der Waals surface area contributed by atoms with Crippen LogP contribution in [0.15, 0.2) is 12.4 Å². The summed E-state index contributed by atoms with van der Waals surface area (Å²) in [6.45, 7) is 6.62. The molecule has 1 aliphatic carbocycles. The van der Waals surface area contributed by atoms with Gasteiger partial charge in [0, 0.05) is 0 Å². The highest BCUT2D eigenvalue weighted by Gasteiger charge is 2.72. The second-order valence-electron chi connectivity index (χ2n) is 6.47. The van der Waals surface area contributed by atoms with Crippen LogP contribution in [-0.2, 0) is 24.6 Å². The van der Waals surface area contributed by atoms with Gasteiger partial charge in [-0.25, -0.2) is 9.13 Å². The first kappa shape index (κ1) is 12.2. The van der Waals surface area contributed by atoms with E-state index in [0.29, 0.717) is 11.8 Å². The van der Waals surface area contributed by atoms with Gasteiger partial charge in [-0.1, -0.05) is 13.8 Å². The van der Waals surface area contributed by atoms with Gasteiger partial charge >= 0.3 is 5.82 Å². The van der Waals surface area contributed by atoms with Crippen LogP contribution in [-0.4, -0.2) is 15.3 Å². The molecule has 0 radical (unpaired) electrons. The van der Waals surface area contributed by atoms with E-state index >= 15 is 0 Å². The molecule has 5 atom stereocenters. The minimum absolute atomic E-state index is 0.162. The van der Waals surface area contributed by atoms with E-state index in [1.807, 2.05) is 35.6 Å². The number of hydrogen-bond acceptors (Lipinski definition) is 2. The minimum atomic E-state index is -1.13. The van der Waals surface area contributed by atoms with Crippen molar-refractivity contribution in [2.75, 3.05) is 0 Å². The lowest BCUT2D eigenvalue weighted by Gasteiger charge is -2.54. The van der Waals surface area contributed by atoms with Crippen LogP contribution in [0.3, 0.4) is 0 Å². The smallest absolute Gasteiger partial charge is 0.317 e. The van der Waals surface area contributed by atoms with Crippen LogP contribution in [0.5, 0.6) is 0 Å². The van der Waals surface area contributed by atoms with E-state index < -0.39 is 5.79 Å². The van der Waals surface area contributed by atoms with Gasteiger partial charge in [0.15, 0.2) is 0 Å². The summed E-state index contributed by atoms with van der Waals surface area (Å²) in [6.07, 6.45) is 4.94. The van der Waals surface area contributed by atoms with Crippen molar-refractivity contribution in [3.63, 3.8) is 0 Å². The van der Waals surface area contributed by atoms with Crippen molar-refractivity contribution in [2.24, 2.45) is 31.8 Å². The predicted octanol–water partition coefficient (Wildman–Crippen LogP) is 1.08. The molecule has 0 aromatic carbocycles. The molecule has 1 aromatic rings. The summed E-state index contributed by atoms with van der Waals surface area (Å²) < 4.78 is 9.91. The molecule has 1 saturated carbocycles. The Morgan fingerprint density at radius 3 is 2.67 bits per heavy atom. The molecule has 3 rings (SSSR count). The fourth-order valence-corrected chi connectivity index (χ4v) is 4.35. The van der Waals surface area contributed by atoms with Crippen molar-refractivity contribution in [3.05, 3.63) is 18.2 Å². The van der Waals surface area contributed by atoms with E-state index in [-0.39, 0.29) is 11.5 Å². The molecule has 1 N–H and O–H groups in total. The number of fused-ring (bicyclic) bond motifs is 1. The zero-order valence-corrected chi connectivity index (χ0v) is 11.8. The summed E-state index contributed by atoms with van der Waals surface area (Å²) in [6, 6.07) is 0.